The molecule has 1 aliphatic heterocycles. The summed E-state index contributed by atoms with van der Waals surface area (Å²) < 4.78 is 0. The Kier molecular flexibility index (Phi) is 6.05. The fourth-order valence-electron chi connectivity index (χ4n) is 3.47. The van der Waals surface area contributed by atoms with Crippen LogP contribution in [0, 0.1) is 5.41 Å². The van der Waals surface area contributed by atoms with Gasteiger partial charge in [-0.05, 0) is 29.2 Å². The van der Waals surface area contributed by atoms with Crippen molar-refractivity contribution in [3.05, 3.63) is 53.7 Å². The van der Waals surface area contributed by atoms with E-state index in [2.05, 4.69) is 33.6 Å². The summed E-state index contributed by atoms with van der Waals surface area (Å²) in [5.41, 5.74) is 15.5. The second kappa shape index (κ2) is 8.35. The summed E-state index contributed by atoms with van der Waals surface area (Å²) in [5.74, 6) is 0.460. The molecule has 0 amide bonds. The number of carbonyl (C=O) groups excluding carboxylic acids is 1. The van der Waals surface area contributed by atoms with Gasteiger partial charge >= 0.3 is 0 Å². The number of nitrogens with two attached hydrogens (primary N) is 2. The number of nitrogens with zero attached hydrogens (tertiary/aromatic N) is 2. The summed E-state index contributed by atoms with van der Waals surface area (Å²) in [6.45, 7) is 12.6. The van der Waals surface area contributed by atoms with Crippen molar-refractivity contribution >= 4 is 29.1 Å². The molecule has 29 heavy (non-hydrogen) atoms. The van der Waals surface area contributed by atoms with Gasteiger partial charge < -0.3 is 16.5 Å². The molecule has 0 bridgehead atoms. The molecular formula is C23H31N5O. The Morgan fingerprint density at radius 2 is 2.17 bits per heavy atom. The highest BCUT2D eigenvalue weighted by molar-refractivity contribution is 6.11. The third kappa shape index (κ3) is 5.02. The fourth-order valence-corrected chi connectivity index (χ4v) is 3.47. The molecule has 0 aliphatic carbocycles. The van der Waals surface area contributed by atoms with Crippen LogP contribution in [0.4, 0.5) is 11.5 Å². The number of likely N-dealkylation sites (tertiary alicyclic amines) is 1. The largest absolute Gasteiger partial charge is 0.395 e. The summed E-state index contributed by atoms with van der Waals surface area (Å²) in [4.78, 5) is 22.3. The summed E-state index contributed by atoms with van der Waals surface area (Å²) in [6, 6.07) is 8.57. The second-order valence-electron chi connectivity index (χ2n) is 8.81. The van der Waals surface area contributed by atoms with Crippen LogP contribution in [0.3, 0.4) is 0 Å². The molecule has 1 unspecified atom stereocenters. The number of H-pyrrole nitrogens is 1. The highest BCUT2D eigenvalue weighted by atomic mass is 16.1. The quantitative estimate of drug-likeness (QED) is 0.514. The van der Waals surface area contributed by atoms with Gasteiger partial charge in [0.2, 0.25) is 0 Å². The number of Topliss-reactive ketones (excluding diaryl/α,β-unsaturated/α-hetero) is 1. The summed E-state index contributed by atoms with van der Waals surface area (Å²) in [7, 11) is 0. The summed E-state index contributed by atoms with van der Waals surface area (Å²) >= 11 is 0. The lowest BCUT2D eigenvalue weighted by atomic mass is 9.87. The SMILES string of the molecule is C=C(C=Nc1[nH]cc(C(=O)C(C)(C)C)c1N)c1cccc(CN2CCC(N)C2)c1. The van der Waals surface area contributed by atoms with E-state index < -0.39 is 5.41 Å². The molecule has 1 fully saturated rings. The molecule has 6 heteroatoms. The van der Waals surface area contributed by atoms with Gasteiger partial charge in [-0.3, -0.25) is 9.69 Å². The minimum absolute atomic E-state index is 0.0131. The van der Waals surface area contributed by atoms with Gasteiger partial charge in [-0.1, -0.05) is 45.5 Å². The molecular weight excluding hydrogens is 362 g/mol. The zero-order valence-electron chi connectivity index (χ0n) is 17.5. The Labute approximate surface area is 172 Å². The first kappa shape index (κ1) is 21.0. The van der Waals surface area contributed by atoms with Gasteiger partial charge in [0.05, 0.1) is 11.3 Å². The average molecular weight is 394 g/mol. The number of carbonyl (C=O) groups is 1. The van der Waals surface area contributed by atoms with Crippen LogP contribution in [0.25, 0.3) is 5.57 Å². The van der Waals surface area contributed by atoms with Crippen LogP contribution in [-0.4, -0.2) is 41.0 Å². The monoisotopic (exact) mass is 393 g/mol. The minimum Gasteiger partial charge on any atom is -0.395 e. The topological polar surface area (TPSA) is 100 Å². The van der Waals surface area contributed by atoms with E-state index in [1.807, 2.05) is 32.9 Å². The van der Waals surface area contributed by atoms with Gasteiger partial charge in [-0.2, -0.15) is 0 Å². The summed E-state index contributed by atoms with van der Waals surface area (Å²) in [5, 5.41) is 0. The smallest absolute Gasteiger partial charge is 0.171 e. The third-order valence-electron chi connectivity index (χ3n) is 5.19. The Morgan fingerprint density at radius 3 is 2.83 bits per heavy atom. The van der Waals surface area contributed by atoms with E-state index in [1.54, 1.807) is 12.4 Å². The first-order valence-corrected chi connectivity index (χ1v) is 9.97. The molecule has 1 aliphatic rings. The minimum atomic E-state index is -0.499. The average Bonchev–Trinajstić information content (AvgIpc) is 3.23. The molecule has 5 N–H and O–H groups in total. The molecule has 1 aromatic heterocycles. The fraction of sp³-hybridized carbons (Fsp3) is 0.391. The Bertz CT molecular complexity index is 935. The molecule has 6 nitrogen and oxygen atoms in total. The molecule has 0 radical (unpaired) electrons. The number of allylic oxidation sites excluding steroid dienone is 1. The van der Waals surface area contributed by atoms with Crippen LogP contribution in [-0.2, 0) is 6.54 Å². The van der Waals surface area contributed by atoms with Crippen molar-refractivity contribution in [1.29, 1.82) is 0 Å². The summed E-state index contributed by atoms with van der Waals surface area (Å²) in [6.07, 6.45) is 4.36. The first-order chi connectivity index (χ1) is 13.6. The Morgan fingerprint density at radius 1 is 1.41 bits per heavy atom. The van der Waals surface area contributed by atoms with Crippen LogP contribution in [0.2, 0.25) is 0 Å². The molecule has 0 saturated carbocycles. The van der Waals surface area contributed by atoms with Crippen LogP contribution < -0.4 is 11.5 Å². The molecule has 1 atom stereocenters. The Balaban J connectivity index is 1.71. The maximum Gasteiger partial charge on any atom is 0.171 e. The van der Waals surface area contributed by atoms with Gasteiger partial charge in [0.25, 0.3) is 0 Å². The predicted molar refractivity (Wildman–Crippen MR) is 120 cm³/mol. The number of ketones is 1. The van der Waals surface area contributed by atoms with Crippen LogP contribution >= 0.6 is 0 Å². The van der Waals surface area contributed by atoms with E-state index in [0.717, 1.165) is 37.2 Å². The van der Waals surface area contributed by atoms with Crippen molar-refractivity contribution in [3.8, 4) is 0 Å². The van der Waals surface area contributed by atoms with E-state index >= 15 is 0 Å². The van der Waals surface area contributed by atoms with E-state index in [1.165, 1.54) is 5.56 Å². The van der Waals surface area contributed by atoms with Gasteiger partial charge in [0.1, 0.15) is 0 Å². The lowest BCUT2D eigenvalue weighted by molar-refractivity contribution is 0.0859. The molecule has 154 valence electrons. The lowest BCUT2D eigenvalue weighted by Crippen LogP contribution is -2.26. The van der Waals surface area contributed by atoms with Crippen molar-refractivity contribution in [3.63, 3.8) is 0 Å². The van der Waals surface area contributed by atoms with E-state index in [0.29, 0.717) is 17.1 Å². The van der Waals surface area contributed by atoms with Crippen LogP contribution in [0.1, 0.15) is 48.7 Å². The number of aliphatic imine (C=N–C) groups is 1. The highest BCUT2D eigenvalue weighted by Gasteiger charge is 2.26. The zero-order valence-corrected chi connectivity index (χ0v) is 17.5. The number of aromatic nitrogens is 1. The van der Waals surface area contributed by atoms with Gasteiger partial charge in [0, 0.05) is 43.5 Å². The van der Waals surface area contributed by atoms with Crippen LogP contribution in [0.15, 0.2) is 42.0 Å². The van der Waals surface area contributed by atoms with Crippen molar-refractivity contribution in [2.24, 2.45) is 16.1 Å². The van der Waals surface area contributed by atoms with Gasteiger partial charge in [0.15, 0.2) is 11.6 Å². The van der Waals surface area contributed by atoms with Crippen LogP contribution in [0.5, 0.6) is 0 Å². The number of rotatable bonds is 6. The third-order valence-corrected chi connectivity index (χ3v) is 5.19. The number of benzene rings is 1. The molecule has 2 aromatic rings. The second-order valence-corrected chi connectivity index (χ2v) is 8.81. The Hall–Kier alpha value is -2.70. The van der Waals surface area contributed by atoms with Crippen molar-refractivity contribution in [2.75, 3.05) is 18.8 Å². The van der Waals surface area contributed by atoms with Crippen molar-refractivity contribution in [1.82, 2.24) is 9.88 Å². The van der Waals surface area contributed by atoms with E-state index in [-0.39, 0.29) is 11.8 Å². The standard InChI is InChI=1S/C23H31N5O/c1-15(11-26-22-20(25)19(12-27-22)21(29)23(2,3)4)17-7-5-6-16(10-17)13-28-9-8-18(24)14-28/h5-7,10-12,18,27H,1,8-9,13-14,24-25H2,2-4H3. The highest BCUT2D eigenvalue weighted by Crippen LogP contribution is 2.30. The number of nitrogen functional groups attached to an aromatic ring is 1. The number of aromatic amines is 1. The lowest BCUT2D eigenvalue weighted by Gasteiger charge is -2.16. The number of hydrogen-bond acceptors (Lipinski definition) is 5. The number of hydrogen-bond donors (Lipinski definition) is 3. The number of anilines is 1. The first-order valence-electron chi connectivity index (χ1n) is 9.97. The molecule has 2 heterocycles. The number of nitrogens with one attached hydrogen (secondary N) is 1. The van der Waals surface area contributed by atoms with E-state index in [4.69, 9.17) is 11.5 Å². The zero-order chi connectivity index (χ0) is 21.2. The molecule has 3 rings (SSSR count). The maximum absolute atomic E-state index is 12.5. The normalized spacial score (nSPS) is 17.9. The molecule has 1 aromatic carbocycles. The van der Waals surface area contributed by atoms with Crippen molar-refractivity contribution in [2.45, 2.75) is 39.8 Å². The maximum atomic E-state index is 12.5. The van der Waals surface area contributed by atoms with E-state index in [9.17, 15) is 4.79 Å². The van der Waals surface area contributed by atoms with Crippen molar-refractivity contribution < 1.29 is 4.79 Å². The predicted octanol–water partition coefficient (Wildman–Crippen LogP) is 3.77. The van der Waals surface area contributed by atoms with Gasteiger partial charge in [-0.15, -0.1) is 0 Å². The molecule has 0 spiro atoms. The molecule has 1 saturated heterocycles. The van der Waals surface area contributed by atoms with Gasteiger partial charge in [-0.25, -0.2) is 4.99 Å².